The van der Waals surface area contributed by atoms with E-state index in [0.29, 0.717) is 12.1 Å². The van der Waals surface area contributed by atoms with Crippen LogP contribution < -0.4 is 11.3 Å². The summed E-state index contributed by atoms with van der Waals surface area (Å²) in [5, 5.41) is 0. The molecule has 1 aromatic carbocycles. The van der Waals surface area contributed by atoms with Crippen LogP contribution in [0.15, 0.2) is 36.7 Å². The summed E-state index contributed by atoms with van der Waals surface area (Å²) in [5.74, 6) is 2.43. The Kier molecular flexibility index (Phi) is 4.13. The van der Waals surface area contributed by atoms with Crippen molar-refractivity contribution >= 4 is 0 Å². The van der Waals surface area contributed by atoms with Gasteiger partial charge in [-0.3, -0.25) is 16.3 Å². The van der Waals surface area contributed by atoms with Crippen LogP contribution in [0.2, 0.25) is 0 Å². The fourth-order valence-electron chi connectivity index (χ4n) is 1.89. The van der Waals surface area contributed by atoms with Crippen molar-refractivity contribution < 1.29 is 13.2 Å². The third-order valence-electron chi connectivity index (χ3n) is 2.76. The van der Waals surface area contributed by atoms with Crippen LogP contribution in [-0.4, -0.2) is 4.98 Å². The lowest BCUT2D eigenvalue weighted by Crippen LogP contribution is -2.31. The van der Waals surface area contributed by atoms with Gasteiger partial charge in [0, 0.05) is 30.1 Å². The van der Waals surface area contributed by atoms with Crippen LogP contribution in [0.5, 0.6) is 0 Å². The summed E-state index contributed by atoms with van der Waals surface area (Å²) in [7, 11) is 0. The lowest BCUT2D eigenvalue weighted by atomic mass is 9.99. The molecule has 0 aliphatic rings. The normalized spacial score (nSPS) is 12.4. The number of nitrogens with zero attached hydrogens (tertiary/aromatic N) is 1. The molecule has 6 heteroatoms. The van der Waals surface area contributed by atoms with Gasteiger partial charge in [-0.15, -0.1) is 0 Å². The van der Waals surface area contributed by atoms with Gasteiger partial charge < -0.3 is 0 Å². The Hall–Kier alpha value is -1.92. The highest BCUT2D eigenvalue weighted by Gasteiger charge is 2.20. The van der Waals surface area contributed by atoms with Crippen LogP contribution in [0.4, 0.5) is 13.2 Å². The molecule has 3 nitrogen and oxygen atoms in total. The predicted molar refractivity (Wildman–Crippen MR) is 64.3 cm³/mol. The molecule has 0 aliphatic heterocycles. The lowest BCUT2D eigenvalue weighted by Gasteiger charge is -2.17. The molecular formula is C13H12F3N3. The number of pyridine rings is 1. The van der Waals surface area contributed by atoms with E-state index in [9.17, 15) is 13.2 Å². The van der Waals surface area contributed by atoms with E-state index in [1.807, 2.05) is 0 Å². The molecule has 0 spiro atoms. The maximum Gasteiger partial charge on any atom is 0.133 e. The Balaban J connectivity index is 2.32. The first-order valence-corrected chi connectivity index (χ1v) is 5.61. The van der Waals surface area contributed by atoms with Crippen LogP contribution in [0, 0.1) is 17.5 Å². The summed E-state index contributed by atoms with van der Waals surface area (Å²) in [6.07, 6.45) is 3.40. The Morgan fingerprint density at radius 1 is 1.21 bits per heavy atom. The number of hydrogen-bond acceptors (Lipinski definition) is 3. The van der Waals surface area contributed by atoms with Crippen LogP contribution in [0.1, 0.15) is 17.2 Å². The third-order valence-corrected chi connectivity index (χ3v) is 2.76. The molecule has 19 heavy (non-hydrogen) atoms. The average molecular weight is 267 g/mol. The molecule has 0 fully saturated rings. The monoisotopic (exact) mass is 267 g/mol. The summed E-state index contributed by atoms with van der Waals surface area (Å²) in [6, 6.07) is 3.93. The molecule has 3 N–H and O–H groups in total. The standard InChI is InChI=1S/C13H12F3N3/c14-9-5-10(15)13(11(16)6-9)12(19-17)4-8-2-1-3-18-7-8/h1-3,5-7,12,19H,4,17H2. The van der Waals surface area contributed by atoms with Gasteiger partial charge in [0.05, 0.1) is 6.04 Å². The number of aromatic nitrogens is 1. The largest absolute Gasteiger partial charge is 0.271 e. The smallest absolute Gasteiger partial charge is 0.133 e. The lowest BCUT2D eigenvalue weighted by molar-refractivity contribution is 0.461. The van der Waals surface area contributed by atoms with Crippen molar-refractivity contribution in [3.05, 3.63) is 65.2 Å². The minimum Gasteiger partial charge on any atom is -0.271 e. The number of nitrogens with one attached hydrogen (secondary N) is 1. The maximum atomic E-state index is 13.7. The number of hydrazine groups is 1. The molecule has 1 unspecified atom stereocenters. The first-order valence-electron chi connectivity index (χ1n) is 5.61. The van der Waals surface area contributed by atoms with E-state index in [1.165, 1.54) is 0 Å². The second-order valence-corrected chi connectivity index (χ2v) is 4.07. The summed E-state index contributed by atoms with van der Waals surface area (Å²) < 4.78 is 40.2. The summed E-state index contributed by atoms with van der Waals surface area (Å²) in [6.45, 7) is 0. The first-order chi connectivity index (χ1) is 9.11. The number of nitrogens with two attached hydrogens (primary N) is 1. The van der Waals surface area contributed by atoms with Crippen LogP contribution in [0.3, 0.4) is 0 Å². The van der Waals surface area contributed by atoms with Gasteiger partial charge in [-0.25, -0.2) is 13.2 Å². The predicted octanol–water partition coefficient (Wildman–Crippen LogP) is 2.25. The van der Waals surface area contributed by atoms with Crippen molar-refractivity contribution in [3.63, 3.8) is 0 Å². The minimum absolute atomic E-state index is 0.240. The molecule has 1 aromatic heterocycles. The van der Waals surface area contributed by atoms with Crippen LogP contribution >= 0.6 is 0 Å². The SMILES string of the molecule is NNC(Cc1cccnc1)c1c(F)cc(F)cc1F. The number of hydrogen-bond donors (Lipinski definition) is 2. The molecule has 0 saturated heterocycles. The average Bonchev–Trinajstić information content (AvgIpc) is 2.37. The zero-order valence-corrected chi connectivity index (χ0v) is 9.91. The van der Waals surface area contributed by atoms with Gasteiger partial charge in [0.15, 0.2) is 0 Å². The Bertz CT molecular complexity index is 537. The Morgan fingerprint density at radius 2 is 1.89 bits per heavy atom. The molecule has 1 atom stereocenters. The van der Waals surface area contributed by atoms with E-state index in [0.717, 1.165) is 5.56 Å². The highest BCUT2D eigenvalue weighted by Crippen LogP contribution is 2.24. The number of rotatable bonds is 4. The van der Waals surface area contributed by atoms with Crippen molar-refractivity contribution in [2.45, 2.75) is 12.5 Å². The van der Waals surface area contributed by atoms with E-state index in [-0.39, 0.29) is 12.0 Å². The van der Waals surface area contributed by atoms with E-state index in [1.54, 1.807) is 24.5 Å². The third kappa shape index (κ3) is 3.10. The fourth-order valence-corrected chi connectivity index (χ4v) is 1.89. The van der Waals surface area contributed by atoms with Crippen molar-refractivity contribution in [1.82, 2.24) is 10.4 Å². The zero-order chi connectivity index (χ0) is 13.8. The highest BCUT2D eigenvalue weighted by atomic mass is 19.1. The molecule has 0 amide bonds. The maximum absolute atomic E-state index is 13.7. The molecule has 0 radical (unpaired) electrons. The number of benzene rings is 1. The van der Waals surface area contributed by atoms with Gasteiger partial charge in [0.25, 0.3) is 0 Å². The summed E-state index contributed by atoms with van der Waals surface area (Å²) in [5.41, 5.74) is 2.81. The number of halogens is 3. The molecule has 2 aromatic rings. The Labute approximate surface area is 108 Å². The van der Waals surface area contributed by atoms with Gasteiger partial charge in [-0.1, -0.05) is 6.07 Å². The second kappa shape index (κ2) is 5.81. The van der Waals surface area contributed by atoms with Gasteiger partial charge in [-0.05, 0) is 18.1 Å². The van der Waals surface area contributed by atoms with Crippen molar-refractivity contribution in [3.8, 4) is 0 Å². The quantitative estimate of drug-likeness (QED) is 0.660. The molecule has 1 heterocycles. The van der Waals surface area contributed by atoms with Gasteiger partial charge in [-0.2, -0.15) is 0 Å². The molecule has 2 rings (SSSR count). The van der Waals surface area contributed by atoms with E-state index >= 15 is 0 Å². The first kappa shape index (κ1) is 13.5. The van der Waals surface area contributed by atoms with Crippen molar-refractivity contribution in [1.29, 1.82) is 0 Å². The van der Waals surface area contributed by atoms with E-state index in [2.05, 4.69) is 10.4 Å². The highest BCUT2D eigenvalue weighted by molar-refractivity contribution is 5.26. The van der Waals surface area contributed by atoms with Gasteiger partial charge in [0.2, 0.25) is 0 Å². The van der Waals surface area contributed by atoms with Gasteiger partial charge >= 0.3 is 0 Å². The summed E-state index contributed by atoms with van der Waals surface area (Å²) >= 11 is 0. The topological polar surface area (TPSA) is 50.9 Å². The van der Waals surface area contributed by atoms with Crippen molar-refractivity contribution in [2.75, 3.05) is 0 Å². The zero-order valence-electron chi connectivity index (χ0n) is 9.91. The second-order valence-electron chi connectivity index (χ2n) is 4.07. The molecule has 100 valence electrons. The Morgan fingerprint density at radius 3 is 2.42 bits per heavy atom. The fraction of sp³-hybridized carbons (Fsp3) is 0.154. The van der Waals surface area contributed by atoms with E-state index in [4.69, 9.17) is 5.84 Å². The van der Waals surface area contributed by atoms with Crippen molar-refractivity contribution in [2.24, 2.45) is 5.84 Å². The van der Waals surface area contributed by atoms with Crippen LogP contribution in [0.25, 0.3) is 0 Å². The van der Waals surface area contributed by atoms with E-state index < -0.39 is 23.5 Å². The minimum atomic E-state index is -0.968. The van der Waals surface area contributed by atoms with Gasteiger partial charge in [0.1, 0.15) is 17.5 Å². The summed E-state index contributed by atoms with van der Waals surface area (Å²) in [4.78, 5) is 3.91. The molecule has 0 bridgehead atoms. The van der Waals surface area contributed by atoms with Crippen LogP contribution in [-0.2, 0) is 6.42 Å². The molecule has 0 saturated carbocycles. The molecular weight excluding hydrogens is 255 g/mol. The molecule has 0 aliphatic carbocycles.